The van der Waals surface area contributed by atoms with Crippen molar-refractivity contribution in [1.82, 2.24) is 41.1 Å². The van der Waals surface area contributed by atoms with E-state index in [-0.39, 0.29) is 0 Å². The normalized spacial score (nSPS) is 11.8. The van der Waals surface area contributed by atoms with Crippen LogP contribution in [-0.2, 0) is 0 Å². The van der Waals surface area contributed by atoms with Gasteiger partial charge in [0.1, 0.15) is 0 Å². The van der Waals surface area contributed by atoms with Gasteiger partial charge in [-0.25, -0.2) is 0 Å². The summed E-state index contributed by atoms with van der Waals surface area (Å²) in [5.41, 5.74) is 35.9. The Bertz CT molecular complexity index is 9980. The van der Waals surface area contributed by atoms with Gasteiger partial charge in [-0.2, -0.15) is 0 Å². The van der Waals surface area contributed by atoms with Crippen molar-refractivity contribution in [2.24, 2.45) is 0 Å². The quantitative estimate of drug-likeness (QED) is 0.117. The number of rotatable bonds is 12. The van der Waals surface area contributed by atoms with Crippen molar-refractivity contribution in [3.63, 3.8) is 0 Å². The summed E-state index contributed by atoms with van der Waals surface area (Å²) in [5.74, 6) is 0. The van der Waals surface area contributed by atoms with Gasteiger partial charge in [0.25, 0.3) is 0 Å². The molecule has 0 aliphatic rings. The van der Waals surface area contributed by atoms with E-state index in [1.165, 1.54) is 203 Å². The Morgan fingerprint density at radius 1 is 0.0993 bits per heavy atom. The van der Waals surface area contributed by atoms with E-state index in [9.17, 15) is 0 Å². The zero-order valence-electron chi connectivity index (χ0n) is 76.8. The summed E-state index contributed by atoms with van der Waals surface area (Å²) in [6.07, 6.45) is 6.57. The van der Waals surface area contributed by atoms with E-state index in [1.54, 1.807) is 0 Å². The van der Waals surface area contributed by atoms with Gasteiger partial charge in [0.05, 0.1) is 82.8 Å². The third-order valence-electron chi connectivity index (χ3n) is 29.0. The van der Waals surface area contributed by atoms with Crippen LogP contribution in [0.4, 0.5) is 0 Å². The molecule has 9 aromatic heterocycles. The molecule has 0 aliphatic heterocycles. The predicted molar refractivity (Wildman–Crippen MR) is 592 cm³/mol. The first kappa shape index (κ1) is 80.5. The minimum atomic E-state index is 1.13. The van der Waals surface area contributed by atoms with Crippen molar-refractivity contribution in [1.29, 1.82) is 0 Å². The van der Waals surface area contributed by atoms with E-state index in [1.807, 2.05) is 0 Å². The maximum absolute atomic E-state index is 2.44. The number of fused-ring (bicyclic) bond motifs is 24. The van der Waals surface area contributed by atoms with Crippen LogP contribution in [0.3, 0.4) is 0 Å². The molecule has 0 spiro atoms. The third kappa shape index (κ3) is 13.1. The fourth-order valence-corrected chi connectivity index (χ4v) is 22.7. The van der Waals surface area contributed by atoms with Crippen LogP contribution < -0.4 is 0 Å². The summed E-state index contributed by atoms with van der Waals surface area (Å²) in [6.45, 7) is 0. The summed E-state index contributed by atoms with van der Waals surface area (Å²) in [6, 6.07) is 184. The number of para-hydroxylation sites is 9. The second-order valence-electron chi connectivity index (χ2n) is 36.7. The molecule has 30 aromatic rings. The standard InChI is InChI=1S/C50H33N3.C44H29N3.C38H25N3/c1-4-12-34(13-5-1)36-20-27-48-44(32-36)45-33-37(35-14-6-2-7-15-35)21-28-49(45)52(48)39-22-24-40(25-23-39)53-47-19-11-10-18-41(47)42-26-29-46-43(50(42)53)30-31-51(46)38-16-8-3-9-17-38;1-3-11-30(12-4-1)31-19-25-43-39(29-31)36-16-8-9-17-41(36)46(43)33-20-22-34(23-21-33)47-42-18-10-7-15-35(42)37-24-26-40-38(44(37)47)27-28-45(40)32-13-5-2-6-14-32;1-2-10-26(11-3-1)39-25-24-33-34(39)23-22-32-31-14-6-9-17-37(31)41(38(32)33)28-20-18-27(19-21-28)40-35-15-7-4-12-29(35)30-13-5-8-16-36(30)40/h1-33H;1-29H;1-25H. The molecule has 9 heterocycles. The summed E-state index contributed by atoms with van der Waals surface area (Å²) < 4.78 is 21.3. The molecule has 9 nitrogen and oxygen atoms in total. The number of benzene rings is 21. The number of aromatic nitrogens is 9. The Hall–Kier alpha value is -19.0. The molecule has 0 aliphatic carbocycles. The highest BCUT2D eigenvalue weighted by Crippen LogP contribution is 2.46. The van der Waals surface area contributed by atoms with E-state index in [2.05, 4.69) is 569 Å². The molecule has 0 fully saturated rings. The van der Waals surface area contributed by atoms with Crippen molar-refractivity contribution in [3.05, 3.63) is 528 Å². The lowest BCUT2D eigenvalue weighted by atomic mass is 10.0. The molecule has 141 heavy (non-hydrogen) atoms. The molecular formula is C132H87N9. The highest BCUT2D eigenvalue weighted by Gasteiger charge is 2.25. The zero-order chi connectivity index (χ0) is 92.7. The van der Waals surface area contributed by atoms with E-state index in [0.29, 0.717) is 0 Å². The van der Waals surface area contributed by atoms with Gasteiger partial charge in [-0.3, -0.25) is 0 Å². The summed E-state index contributed by atoms with van der Waals surface area (Å²) >= 11 is 0. The first-order valence-corrected chi connectivity index (χ1v) is 48.3. The van der Waals surface area contributed by atoms with Crippen LogP contribution in [-0.4, -0.2) is 41.1 Å². The zero-order valence-corrected chi connectivity index (χ0v) is 76.8. The Morgan fingerprint density at radius 2 is 0.291 bits per heavy atom. The van der Waals surface area contributed by atoms with Crippen LogP contribution in [0.25, 0.3) is 248 Å². The Labute approximate surface area is 811 Å². The van der Waals surface area contributed by atoms with Crippen molar-refractivity contribution in [2.45, 2.75) is 0 Å². The predicted octanol–water partition coefficient (Wildman–Crippen LogP) is 34.5. The van der Waals surface area contributed by atoms with Gasteiger partial charge in [0, 0.05) is 151 Å². The number of hydrogen-bond acceptors (Lipinski definition) is 0. The molecule has 0 amide bonds. The lowest BCUT2D eigenvalue weighted by Gasteiger charge is -2.13. The third-order valence-corrected chi connectivity index (χ3v) is 29.0. The largest absolute Gasteiger partial charge is 0.316 e. The molecule has 0 atom stereocenters. The molecule has 0 saturated carbocycles. The second kappa shape index (κ2) is 33.0. The van der Waals surface area contributed by atoms with Gasteiger partial charge in [0.15, 0.2) is 0 Å². The molecule has 0 N–H and O–H groups in total. The number of hydrogen-bond donors (Lipinski definition) is 0. The molecule has 0 bridgehead atoms. The van der Waals surface area contributed by atoms with E-state index < -0.39 is 0 Å². The molecular weight excluding hydrogens is 1710 g/mol. The molecule has 9 heteroatoms. The lowest BCUT2D eigenvalue weighted by molar-refractivity contribution is 1.13. The minimum absolute atomic E-state index is 1.13. The average molecular weight is 1800 g/mol. The van der Waals surface area contributed by atoms with E-state index >= 15 is 0 Å². The topological polar surface area (TPSA) is 44.4 Å². The van der Waals surface area contributed by atoms with Gasteiger partial charge >= 0.3 is 0 Å². The van der Waals surface area contributed by atoms with Gasteiger partial charge in [0.2, 0.25) is 0 Å². The number of nitrogens with zero attached hydrogens (tertiary/aromatic N) is 9. The SMILES string of the molecule is c1ccc(-c2ccc3c(c2)c2cc(-c4ccccc4)ccc2n3-c2ccc(-n3c4ccccc4c4ccc5c(ccn5-c5ccccc5)c43)cc2)cc1.c1ccc(-c2ccc3c(c2)c2ccccc2n3-c2ccc(-n3c4ccccc4c4ccc5c(ccn5-c5ccccc5)c43)cc2)cc1.c1ccc(-n2ccc3c2ccc2c4ccccc4n(-c4ccc(-n5c6ccccc6c6ccccc65)cc4)c23)cc1. The van der Waals surface area contributed by atoms with Gasteiger partial charge in [-0.05, 0) is 252 Å². The van der Waals surface area contributed by atoms with Crippen LogP contribution >= 0.6 is 0 Å². The molecule has 0 unspecified atom stereocenters. The molecule has 0 saturated heterocycles. The van der Waals surface area contributed by atoms with Gasteiger partial charge in [-0.1, -0.05) is 291 Å². The van der Waals surface area contributed by atoms with Crippen molar-refractivity contribution in [2.75, 3.05) is 0 Å². The second-order valence-corrected chi connectivity index (χ2v) is 36.7. The summed E-state index contributed by atoms with van der Waals surface area (Å²) in [4.78, 5) is 0. The van der Waals surface area contributed by atoms with Crippen molar-refractivity contribution < 1.29 is 0 Å². The van der Waals surface area contributed by atoms with Crippen LogP contribution in [0.15, 0.2) is 528 Å². The monoisotopic (exact) mass is 1800 g/mol. The maximum Gasteiger partial charge on any atom is 0.0635 e. The first-order chi connectivity index (χ1) is 70.0. The van der Waals surface area contributed by atoms with Crippen LogP contribution in [0, 0.1) is 0 Å². The fraction of sp³-hybridized carbons (Fsp3) is 0. The van der Waals surface area contributed by atoms with Gasteiger partial charge in [-0.15, -0.1) is 0 Å². The minimum Gasteiger partial charge on any atom is -0.316 e. The first-order valence-electron chi connectivity index (χ1n) is 48.3. The van der Waals surface area contributed by atoms with Crippen molar-refractivity contribution in [3.8, 4) is 84.6 Å². The maximum atomic E-state index is 2.44. The molecule has 21 aromatic carbocycles. The average Bonchev–Trinajstić information content (AvgIpc) is 1.54. The van der Waals surface area contributed by atoms with Crippen LogP contribution in [0.1, 0.15) is 0 Å². The van der Waals surface area contributed by atoms with Crippen LogP contribution in [0.2, 0.25) is 0 Å². The Morgan fingerprint density at radius 3 is 0.553 bits per heavy atom. The Balaban J connectivity index is 0.000000104. The molecule has 0 radical (unpaired) electrons. The Kier molecular flexibility index (Phi) is 18.8. The van der Waals surface area contributed by atoms with Gasteiger partial charge < -0.3 is 41.1 Å². The van der Waals surface area contributed by atoms with Crippen LogP contribution in [0.5, 0.6) is 0 Å². The smallest absolute Gasteiger partial charge is 0.0635 e. The highest BCUT2D eigenvalue weighted by atomic mass is 15.1. The summed E-state index contributed by atoms with van der Waals surface area (Å²) in [5, 5.41) is 18.9. The highest BCUT2D eigenvalue weighted by molar-refractivity contribution is 6.22. The van der Waals surface area contributed by atoms with E-state index in [4.69, 9.17) is 0 Å². The van der Waals surface area contributed by atoms with Crippen molar-refractivity contribution >= 4 is 164 Å². The summed E-state index contributed by atoms with van der Waals surface area (Å²) in [7, 11) is 0. The van der Waals surface area contributed by atoms with E-state index in [0.717, 1.165) is 45.5 Å². The lowest BCUT2D eigenvalue weighted by Crippen LogP contribution is -1.98. The molecule has 30 rings (SSSR count). The fourth-order valence-electron chi connectivity index (χ4n) is 22.7. The molecule has 660 valence electrons.